The number of nitrogens with one attached hydrogen (secondary N) is 1. The van der Waals surface area contributed by atoms with Crippen LogP contribution in [0.15, 0.2) is 18.5 Å². The summed E-state index contributed by atoms with van der Waals surface area (Å²) >= 11 is 0. The second-order valence-corrected chi connectivity index (χ2v) is 8.64. The molecule has 0 radical (unpaired) electrons. The highest BCUT2D eigenvalue weighted by Crippen LogP contribution is 2.32. The Labute approximate surface area is 142 Å². The number of fused-ring (bicyclic) bond motifs is 1. The third-order valence-corrected chi connectivity index (χ3v) is 7.14. The molecule has 1 saturated carbocycles. The molecular weight excluding hydrogens is 330 g/mol. The van der Waals surface area contributed by atoms with Crippen LogP contribution >= 0.6 is 0 Å². The number of carbonyl (C=O) groups is 1. The van der Waals surface area contributed by atoms with Gasteiger partial charge in [-0.1, -0.05) is 12.8 Å². The Bertz CT molecular complexity index is 707. The van der Waals surface area contributed by atoms with Gasteiger partial charge >= 0.3 is 6.03 Å². The molecule has 1 aliphatic carbocycles. The minimum Gasteiger partial charge on any atom is -0.496 e. The standard InChI is InChI=1S/C16H23N3O4S/c1-23-14-6-7-17-10-12(14)11-18-16(20)19-8-9-24(21,22)15-5-3-2-4-13(15)19/h6-7,10,13,15H,2-5,8-9,11H2,1H3,(H,18,20). The quantitative estimate of drug-likeness (QED) is 0.886. The topological polar surface area (TPSA) is 88.6 Å². The summed E-state index contributed by atoms with van der Waals surface area (Å²) in [6.07, 6.45) is 6.59. The number of aromatic nitrogens is 1. The molecule has 0 bridgehead atoms. The summed E-state index contributed by atoms with van der Waals surface area (Å²) in [5.41, 5.74) is 0.790. The smallest absolute Gasteiger partial charge is 0.317 e. The Morgan fingerprint density at radius 1 is 1.42 bits per heavy atom. The second-order valence-electron chi connectivity index (χ2n) is 6.30. The third kappa shape index (κ3) is 3.33. The number of amides is 2. The minimum atomic E-state index is -3.08. The van der Waals surface area contributed by atoms with Crippen molar-refractivity contribution in [2.45, 2.75) is 43.5 Å². The number of hydrogen-bond acceptors (Lipinski definition) is 5. The van der Waals surface area contributed by atoms with Gasteiger partial charge in [-0.25, -0.2) is 13.2 Å². The summed E-state index contributed by atoms with van der Waals surface area (Å²) in [5.74, 6) is 0.722. The maximum absolute atomic E-state index is 12.6. The number of sulfone groups is 1. The number of urea groups is 1. The highest BCUT2D eigenvalue weighted by molar-refractivity contribution is 7.92. The van der Waals surface area contributed by atoms with E-state index in [0.29, 0.717) is 18.7 Å². The monoisotopic (exact) mass is 353 g/mol. The number of hydrogen-bond donors (Lipinski definition) is 1. The van der Waals surface area contributed by atoms with Crippen molar-refractivity contribution in [3.63, 3.8) is 0 Å². The third-order valence-electron chi connectivity index (χ3n) is 4.92. The first-order valence-corrected chi connectivity index (χ1v) is 9.97. The minimum absolute atomic E-state index is 0.0534. The number of carbonyl (C=O) groups excluding carboxylic acids is 1. The zero-order valence-electron chi connectivity index (χ0n) is 13.8. The van der Waals surface area contributed by atoms with Crippen LogP contribution < -0.4 is 10.1 Å². The molecule has 2 fully saturated rings. The van der Waals surface area contributed by atoms with Crippen molar-refractivity contribution >= 4 is 15.9 Å². The first-order chi connectivity index (χ1) is 11.5. The number of nitrogens with zero attached hydrogens (tertiary/aromatic N) is 2. The Morgan fingerprint density at radius 2 is 2.21 bits per heavy atom. The molecule has 7 nitrogen and oxygen atoms in total. The lowest BCUT2D eigenvalue weighted by atomic mass is 9.93. The van der Waals surface area contributed by atoms with Gasteiger partial charge in [-0.05, 0) is 18.9 Å². The molecule has 2 atom stereocenters. The molecule has 1 aromatic rings. The molecular formula is C16H23N3O4S. The summed E-state index contributed by atoms with van der Waals surface area (Å²) in [5, 5.41) is 2.47. The normalized spacial score (nSPS) is 25.6. The van der Waals surface area contributed by atoms with Crippen molar-refractivity contribution in [3.8, 4) is 5.75 Å². The predicted molar refractivity (Wildman–Crippen MR) is 89.6 cm³/mol. The molecule has 3 rings (SSSR count). The lowest BCUT2D eigenvalue weighted by molar-refractivity contribution is 0.155. The summed E-state index contributed by atoms with van der Waals surface area (Å²) < 4.78 is 29.8. The Balaban J connectivity index is 1.68. The van der Waals surface area contributed by atoms with E-state index in [9.17, 15) is 13.2 Å². The van der Waals surface area contributed by atoms with E-state index in [1.165, 1.54) is 0 Å². The van der Waals surface area contributed by atoms with E-state index in [-0.39, 0.29) is 24.4 Å². The zero-order valence-corrected chi connectivity index (χ0v) is 14.6. The molecule has 2 unspecified atom stereocenters. The van der Waals surface area contributed by atoms with Gasteiger partial charge in [-0.3, -0.25) is 4.98 Å². The molecule has 0 spiro atoms. The molecule has 1 aromatic heterocycles. The predicted octanol–water partition coefficient (Wildman–Crippen LogP) is 1.34. The molecule has 24 heavy (non-hydrogen) atoms. The number of methoxy groups -OCH3 is 1. The molecule has 2 heterocycles. The molecule has 132 valence electrons. The van der Waals surface area contributed by atoms with Crippen LogP contribution in [0.1, 0.15) is 31.2 Å². The van der Waals surface area contributed by atoms with E-state index in [1.54, 1.807) is 30.5 Å². The number of ether oxygens (including phenoxy) is 1. The molecule has 1 aliphatic heterocycles. The first-order valence-electron chi connectivity index (χ1n) is 8.26. The van der Waals surface area contributed by atoms with E-state index in [1.807, 2.05) is 0 Å². The lowest BCUT2D eigenvalue weighted by Gasteiger charge is -2.43. The summed E-state index contributed by atoms with van der Waals surface area (Å²) in [6.45, 7) is 0.565. The number of pyridine rings is 1. The van der Waals surface area contributed by atoms with Gasteiger partial charge in [-0.2, -0.15) is 0 Å². The van der Waals surface area contributed by atoms with Crippen LogP contribution in [-0.4, -0.2) is 55.0 Å². The zero-order chi connectivity index (χ0) is 17.2. The maximum Gasteiger partial charge on any atom is 0.317 e. The van der Waals surface area contributed by atoms with E-state index < -0.39 is 15.1 Å². The van der Waals surface area contributed by atoms with Crippen molar-refractivity contribution in [1.82, 2.24) is 15.2 Å². The molecule has 8 heteroatoms. The van der Waals surface area contributed by atoms with Crippen LogP contribution in [0, 0.1) is 0 Å². The van der Waals surface area contributed by atoms with Gasteiger partial charge in [0.15, 0.2) is 9.84 Å². The van der Waals surface area contributed by atoms with Crippen LogP contribution in [0.4, 0.5) is 4.79 Å². The Kier molecular flexibility index (Phi) is 4.93. The fraction of sp³-hybridized carbons (Fsp3) is 0.625. The Morgan fingerprint density at radius 3 is 3.00 bits per heavy atom. The first kappa shape index (κ1) is 17.0. The van der Waals surface area contributed by atoms with Gasteiger partial charge in [0.05, 0.1) is 24.2 Å². The fourth-order valence-corrected chi connectivity index (χ4v) is 5.71. The van der Waals surface area contributed by atoms with Gasteiger partial charge < -0.3 is 15.0 Å². The molecule has 2 aliphatic rings. The molecule has 1 N–H and O–H groups in total. The van der Waals surface area contributed by atoms with E-state index in [2.05, 4.69) is 10.3 Å². The Hall–Kier alpha value is -1.83. The summed E-state index contributed by atoms with van der Waals surface area (Å²) in [7, 11) is -1.51. The van der Waals surface area contributed by atoms with Gasteiger partial charge in [0.25, 0.3) is 0 Å². The van der Waals surface area contributed by atoms with Gasteiger partial charge in [-0.15, -0.1) is 0 Å². The number of rotatable bonds is 3. The largest absolute Gasteiger partial charge is 0.496 e. The highest BCUT2D eigenvalue weighted by atomic mass is 32.2. The average Bonchev–Trinajstić information content (AvgIpc) is 2.60. The van der Waals surface area contributed by atoms with E-state index in [4.69, 9.17) is 4.74 Å². The van der Waals surface area contributed by atoms with Gasteiger partial charge in [0.2, 0.25) is 0 Å². The van der Waals surface area contributed by atoms with Crippen molar-refractivity contribution in [2.75, 3.05) is 19.4 Å². The van der Waals surface area contributed by atoms with Crippen molar-refractivity contribution in [3.05, 3.63) is 24.0 Å². The van der Waals surface area contributed by atoms with Crippen LogP contribution in [0.3, 0.4) is 0 Å². The molecule has 1 saturated heterocycles. The van der Waals surface area contributed by atoms with Gasteiger partial charge in [0, 0.05) is 31.0 Å². The highest BCUT2D eigenvalue weighted by Gasteiger charge is 2.44. The van der Waals surface area contributed by atoms with Crippen molar-refractivity contribution < 1.29 is 17.9 Å². The van der Waals surface area contributed by atoms with Crippen LogP contribution in [0.25, 0.3) is 0 Å². The molecule has 2 amide bonds. The van der Waals surface area contributed by atoms with Crippen LogP contribution in [-0.2, 0) is 16.4 Å². The summed E-state index contributed by atoms with van der Waals surface area (Å²) in [4.78, 5) is 18.3. The van der Waals surface area contributed by atoms with E-state index in [0.717, 1.165) is 24.8 Å². The van der Waals surface area contributed by atoms with Crippen LogP contribution in [0.5, 0.6) is 5.75 Å². The van der Waals surface area contributed by atoms with Crippen molar-refractivity contribution in [2.24, 2.45) is 0 Å². The van der Waals surface area contributed by atoms with Crippen molar-refractivity contribution in [1.29, 1.82) is 0 Å². The fourth-order valence-electron chi connectivity index (χ4n) is 3.67. The maximum atomic E-state index is 12.6. The lowest BCUT2D eigenvalue weighted by Crippen LogP contribution is -2.59. The summed E-state index contributed by atoms with van der Waals surface area (Å²) in [6, 6.07) is 1.33. The van der Waals surface area contributed by atoms with E-state index >= 15 is 0 Å². The molecule has 0 aromatic carbocycles. The second kappa shape index (κ2) is 6.96. The van der Waals surface area contributed by atoms with Crippen LogP contribution in [0.2, 0.25) is 0 Å². The average molecular weight is 353 g/mol. The SMILES string of the molecule is COc1ccncc1CNC(=O)N1CCS(=O)(=O)C2CCCCC21. The van der Waals surface area contributed by atoms with Gasteiger partial charge in [0.1, 0.15) is 5.75 Å².